The maximum Gasteiger partial charge on any atom is 0.339 e. The lowest BCUT2D eigenvalue weighted by Gasteiger charge is -2.36. The summed E-state index contributed by atoms with van der Waals surface area (Å²) < 4.78 is 7.20. The van der Waals surface area contributed by atoms with E-state index in [-0.39, 0.29) is 17.9 Å². The number of fused-ring (bicyclic) bond motifs is 4. The molecule has 2 aliphatic rings. The van der Waals surface area contributed by atoms with Gasteiger partial charge in [0.15, 0.2) is 5.78 Å². The second-order valence-electron chi connectivity index (χ2n) is 8.11. The molecule has 1 aliphatic carbocycles. The Morgan fingerprint density at radius 1 is 1.24 bits per heavy atom. The molecule has 0 saturated heterocycles. The third-order valence-corrected chi connectivity index (χ3v) is 6.24. The van der Waals surface area contributed by atoms with Crippen LogP contribution in [-0.4, -0.2) is 33.4 Å². The highest BCUT2D eigenvalue weighted by atomic mass is 16.5. The number of ether oxygens (including phenoxy) is 1. The van der Waals surface area contributed by atoms with E-state index in [1.54, 1.807) is 13.0 Å². The van der Waals surface area contributed by atoms with Gasteiger partial charge in [0, 0.05) is 13.5 Å². The maximum atomic E-state index is 13.4. The predicted molar refractivity (Wildman–Crippen MR) is 111 cm³/mol. The van der Waals surface area contributed by atoms with Crippen molar-refractivity contribution in [1.29, 1.82) is 0 Å². The van der Waals surface area contributed by atoms with E-state index in [0.717, 1.165) is 29.7 Å². The lowest BCUT2D eigenvalue weighted by Crippen LogP contribution is -2.45. The zero-order valence-electron chi connectivity index (χ0n) is 16.8. The largest absolute Gasteiger partial charge is 0.462 e. The number of rotatable bonds is 2. The van der Waals surface area contributed by atoms with Gasteiger partial charge in [-0.3, -0.25) is 4.79 Å². The van der Waals surface area contributed by atoms with Crippen molar-refractivity contribution in [3.63, 3.8) is 0 Å². The SMILES string of the molecule is CCOC(=O)c1cc2c(nc(C)n2C)c2c1C(=O)CC1(Cc3ccccc3C1)N2. The Morgan fingerprint density at radius 2 is 1.93 bits per heavy atom. The van der Waals surface area contributed by atoms with E-state index in [9.17, 15) is 9.59 Å². The van der Waals surface area contributed by atoms with Crippen LogP contribution in [0.25, 0.3) is 11.0 Å². The molecule has 2 heterocycles. The summed E-state index contributed by atoms with van der Waals surface area (Å²) in [6, 6.07) is 10.1. The predicted octanol–water partition coefficient (Wildman–Crippen LogP) is 3.59. The topological polar surface area (TPSA) is 73.2 Å². The van der Waals surface area contributed by atoms with Crippen LogP contribution in [0.2, 0.25) is 0 Å². The number of carbonyl (C=O) groups excluding carboxylic acids is 2. The fourth-order valence-electron chi connectivity index (χ4n) is 4.83. The first-order valence-electron chi connectivity index (χ1n) is 9.98. The van der Waals surface area contributed by atoms with Gasteiger partial charge >= 0.3 is 5.97 Å². The maximum absolute atomic E-state index is 13.4. The van der Waals surface area contributed by atoms with Crippen molar-refractivity contribution in [2.75, 3.05) is 11.9 Å². The number of ketones is 1. The highest BCUT2D eigenvalue weighted by Gasteiger charge is 2.45. The molecule has 0 fully saturated rings. The lowest BCUT2D eigenvalue weighted by atomic mass is 9.81. The van der Waals surface area contributed by atoms with Crippen molar-refractivity contribution in [2.24, 2.45) is 7.05 Å². The van der Waals surface area contributed by atoms with E-state index in [2.05, 4.69) is 17.4 Å². The third kappa shape index (κ3) is 2.58. The second-order valence-corrected chi connectivity index (χ2v) is 8.11. The standard InChI is InChI=1S/C23H23N3O3/c1-4-29-22(28)16-9-17-20(24-13(2)26(17)3)21-19(16)18(27)12-23(25-21)10-14-7-5-6-8-15(14)11-23/h5-9,25H,4,10-12H2,1-3H3. The van der Waals surface area contributed by atoms with Crippen molar-refractivity contribution >= 4 is 28.5 Å². The Hall–Kier alpha value is -3.15. The number of hydrogen-bond donors (Lipinski definition) is 1. The molecule has 6 nitrogen and oxygen atoms in total. The van der Waals surface area contributed by atoms with Gasteiger partial charge in [-0.15, -0.1) is 0 Å². The molecule has 1 N–H and O–H groups in total. The lowest BCUT2D eigenvalue weighted by molar-refractivity contribution is 0.0522. The Labute approximate surface area is 168 Å². The van der Waals surface area contributed by atoms with Crippen molar-refractivity contribution in [3.8, 4) is 0 Å². The molecule has 0 bridgehead atoms. The molecule has 3 aromatic rings. The first kappa shape index (κ1) is 17.9. The summed E-state index contributed by atoms with van der Waals surface area (Å²) >= 11 is 0. The smallest absolute Gasteiger partial charge is 0.339 e. The molecule has 5 rings (SSSR count). The molecular formula is C23H23N3O3. The number of esters is 1. The average Bonchev–Trinajstić information content (AvgIpc) is 3.18. The van der Waals surface area contributed by atoms with E-state index < -0.39 is 5.97 Å². The molecule has 0 saturated carbocycles. The number of Topliss-reactive ketones (excluding diaryl/α,β-unsaturated/α-hetero) is 1. The van der Waals surface area contributed by atoms with E-state index in [0.29, 0.717) is 23.2 Å². The summed E-state index contributed by atoms with van der Waals surface area (Å²) in [5, 5.41) is 3.67. The second kappa shape index (κ2) is 6.17. The van der Waals surface area contributed by atoms with Crippen LogP contribution in [0.1, 0.15) is 51.0 Å². The average molecular weight is 389 g/mol. The van der Waals surface area contributed by atoms with Gasteiger partial charge in [-0.2, -0.15) is 0 Å². The summed E-state index contributed by atoms with van der Waals surface area (Å²) in [5.74, 6) is 0.330. The number of aryl methyl sites for hydroxylation is 2. The summed E-state index contributed by atoms with van der Waals surface area (Å²) in [4.78, 5) is 30.8. The zero-order chi connectivity index (χ0) is 20.3. The molecule has 1 spiro atoms. The van der Waals surface area contributed by atoms with E-state index >= 15 is 0 Å². The van der Waals surface area contributed by atoms with Crippen LogP contribution in [0.3, 0.4) is 0 Å². The van der Waals surface area contributed by atoms with Gasteiger partial charge in [-0.05, 0) is 43.9 Å². The highest BCUT2D eigenvalue weighted by Crippen LogP contribution is 2.44. The normalized spacial score (nSPS) is 16.6. The van der Waals surface area contributed by atoms with Crippen LogP contribution in [0, 0.1) is 6.92 Å². The van der Waals surface area contributed by atoms with Gasteiger partial charge in [0.2, 0.25) is 0 Å². The van der Waals surface area contributed by atoms with Gasteiger partial charge < -0.3 is 14.6 Å². The number of carbonyl (C=O) groups is 2. The van der Waals surface area contributed by atoms with Crippen LogP contribution in [0.15, 0.2) is 30.3 Å². The van der Waals surface area contributed by atoms with E-state index in [1.807, 2.05) is 30.7 Å². The molecule has 148 valence electrons. The zero-order valence-corrected chi connectivity index (χ0v) is 16.8. The van der Waals surface area contributed by atoms with Crippen molar-refractivity contribution < 1.29 is 14.3 Å². The molecule has 0 radical (unpaired) electrons. The van der Waals surface area contributed by atoms with Crippen molar-refractivity contribution in [3.05, 3.63) is 58.4 Å². The first-order chi connectivity index (χ1) is 13.9. The highest BCUT2D eigenvalue weighted by molar-refractivity contribution is 6.17. The van der Waals surface area contributed by atoms with Gasteiger partial charge in [0.1, 0.15) is 11.3 Å². The Balaban J connectivity index is 1.71. The molecule has 6 heteroatoms. The van der Waals surface area contributed by atoms with Gasteiger partial charge in [0.05, 0.1) is 34.5 Å². The van der Waals surface area contributed by atoms with Gasteiger partial charge in [-0.25, -0.2) is 9.78 Å². The fourth-order valence-corrected chi connectivity index (χ4v) is 4.83. The minimum absolute atomic E-state index is 0.0279. The number of hydrogen-bond acceptors (Lipinski definition) is 5. The Bertz CT molecular complexity index is 1170. The summed E-state index contributed by atoms with van der Waals surface area (Å²) in [6.07, 6.45) is 1.91. The molecule has 1 aliphatic heterocycles. The van der Waals surface area contributed by atoms with Gasteiger partial charge in [-0.1, -0.05) is 24.3 Å². The minimum atomic E-state index is -0.467. The molecule has 29 heavy (non-hydrogen) atoms. The van der Waals surface area contributed by atoms with Crippen LogP contribution in [0.5, 0.6) is 0 Å². The molecular weight excluding hydrogens is 366 g/mol. The van der Waals surface area contributed by atoms with Crippen LogP contribution >= 0.6 is 0 Å². The van der Waals surface area contributed by atoms with Crippen molar-refractivity contribution in [1.82, 2.24) is 9.55 Å². The van der Waals surface area contributed by atoms with Crippen molar-refractivity contribution in [2.45, 2.75) is 38.6 Å². The number of imidazole rings is 1. The van der Waals surface area contributed by atoms with Gasteiger partial charge in [0.25, 0.3) is 0 Å². The van der Waals surface area contributed by atoms with Crippen LogP contribution in [0.4, 0.5) is 5.69 Å². The molecule has 1 aromatic heterocycles. The first-order valence-corrected chi connectivity index (χ1v) is 9.98. The van der Waals surface area contributed by atoms with E-state index in [4.69, 9.17) is 9.72 Å². The summed E-state index contributed by atoms with van der Waals surface area (Å²) in [7, 11) is 1.91. The quantitative estimate of drug-likeness (QED) is 0.678. The molecule has 2 aromatic carbocycles. The summed E-state index contributed by atoms with van der Waals surface area (Å²) in [5.41, 5.74) is 5.11. The summed E-state index contributed by atoms with van der Waals surface area (Å²) in [6.45, 7) is 3.95. The van der Waals surface area contributed by atoms with Crippen LogP contribution < -0.4 is 5.32 Å². The number of benzene rings is 2. The number of nitrogens with zero attached hydrogens (tertiary/aromatic N) is 2. The Morgan fingerprint density at radius 3 is 2.59 bits per heavy atom. The number of anilines is 1. The van der Waals surface area contributed by atoms with Crippen LogP contribution in [-0.2, 0) is 24.6 Å². The minimum Gasteiger partial charge on any atom is -0.462 e. The molecule has 0 atom stereocenters. The third-order valence-electron chi connectivity index (χ3n) is 6.24. The molecule has 0 amide bonds. The monoisotopic (exact) mass is 389 g/mol. The number of nitrogens with one attached hydrogen (secondary N) is 1. The fraction of sp³-hybridized carbons (Fsp3) is 0.348. The Kier molecular flexibility index (Phi) is 3.81. The number of aromatic nitrogens is 2. The van der Waals surface area contributed by atoms with E-state index in [1.165, 1.54) is 11.1 Å². The molecule has 0 unspecified atom stereocenters.